The number of fused-ring (bicyclic) bond motifs is 2. The minimum atomic E-state index is -0.185. The zero-order chi connectivity index (χ0) is 14.3. The number of hydrogen-bond acceptors (Lipinski definition) is 3. The Bertz CT molecular complexity index is 479. The molecular formula is C16H23FN2O. The van der Waals surface area contributed by atoms with Crippen molar-refractivity contribution >= 4 is 5.69 Å². The monoisotopic (exact) mass is 278 g/mol. The van der Waals surface area contributed by atoms with Gasteiger partial charge in [-0.2, -0.15) is 0 Å². The van der Waals surface area contributed by atoms with Crippen molar-refractivity contribution in [3.63, 3.8) is 0 Å². The standard InChI is InChI=1S/C16H23FN2O/c1-10(18-2)15-7-11(17)3-6-16(15)19-12-4-5-13(19)9-14(20)8-12/h3,6-7,10,12-14,18,20H,4-5,8-9H2,1-2H3. The SMILES string of the molecule is CNC(C)c1cc(F)ccc1N1C2CCC1CC(O)C2. The molecule has 110 valence electrons. The van der Waals surface area contributed by atoms with Crippen LogP contribution >= 0.6 is 0 Å². The molecule has 0 aromatic heterocycles. The number of aliphatic hydroxyl groups is 1. The molecule has 20 heavy (non-hydrogen) atoms. The van der Waals surface area contributed by atoms with Gasteiger partial charge in [0.1, 0.15) is 5.82 Å². The van der Waals surface area contributed by atoms with Crippen LogP contribution in [0.1, 0.15) is 44.2 Å². The highest BCUT2D eigenvalue weighted by molar-refractivity contribution is 5.58. The van der Waals surface area contributed by atoms with E-state index in [1.807, 2.05) is 13.1 Å². The van der Waals surface area contributed by atoms with Gasteiger partial charge in [0.05, 0.1) is 6.10 Å². The van der Waals surface area contributed by atoms with E-state index in [0.717, 1.165) is 36.9 Å². The molecule has 2 heterocycles. The fourth-order valence-electron chi connectivity index (χ4n) is 3.80. The Hall–Kier alpha value is -1.13. The van der Waals surface area contributed by atoms with Gasteiger partial charge in [-0.05, 0) is 63.4 Å². The van der Waals surface area contributed by atoms with Gasteiger partial charge < -0.3 is 15.3 Å². The molecule has 2 fully saturated rings. The zero-order valence-corrected chi connectivity index (χ0v) is 12.1. The van der Waals surface area contributed by atoms with Gasteiger partial charge >= 0.3 is 0 Å². The Kier molecular flexibility index (Phi) is 3.69. The summed E-state index contributed by atoms with van der Waals surface area (Å²) in [5.41, 5.74) is 2.15. The summed E-state index contributed by atoms with van der Waals surface area (Å²) >= 11 is 0. The third kappa shape index (κ3) is 2.31. The van der Waals surface area contributed by atoms with E-state index >= 15 is 0 Å². The molecule has 1 aromatic rings. The summed E-state index contributed by atoms with van der Waals surface area (Å²) in [5.74, 6) is -0.185. The zero-order valence-electron chi connectivity index (χ0n) is 12.1. The van der Waals surface area contributed by atoms with Crippen LogP contribution in [-0.4, -0.2) is 30.3 Å². The summed E-state index contributed by atoms with van der Waals surface area (Å²) in [4.78, 5) is 2.43. The molecule has 2 aliphatic rings. The van der Waals surface area contributed by atoms with Gasteiger partial charge in [0.2, 0.25) is 0 Å². The predicted octanol–water partition coefficient (Wildman–Crippen LogP) is 2.60. The van der Waals surface area contributed by atoms with Crippen molar-refractivity contribution in [2.24, 2.45) is 0 Å². The maximum atomic E-state index is 13.6. The van der Waals surface area contributed by atoms with Crippen LogP contribution in [-0.2, 0) is 0 Å². The second-order valence-corrected chi connectivity index (χ2v) is 6.13. The summed E-state index contributed by atoms with van der Waals surface area (Å²) in [7, 11) is 1.90. The lowest BCUT2D eigenvalue weighted by molar-refractivity contribution is 0.126. The summed E-state index contributed by atoms with van der Waals surface area (Å²) in [6.45, 7) is 2.05. The van der Waals surface area contributed by atoms with Crippen molar-refractivity contribution in [3.05, 3.63) is 29.6 Å². The number of rotatable bonds is 3. The maximum Gasteiger partial charge on any atom is 0.123 e. The van der Waals surface area contributed by atoms with Crippen molar-refractivity contribution in [1.82, 2.24) is 5.32 Å². The first-order valence-corrected chi connectivity index (χ1v) is 7.53. The first-order chi connectivity index (χ1) is 9.60. The smallest absolute Gasteiger partial charge is 0.123 e. The number of benzene rings is 1. The number of piperidine rings is 1. The third-order valence-corrected chi connectivity index (χ3v) is 4.88. The van der Waals surface area contributed by atoms with Gasteiger partial charge in [0.25, 0.3) is 0 Å². The van der Waals surface area contributed by atoms with Crippen molar-refractivity contribution in [1.29, 1.82) is 0 Å². The van der Waals surface area contributed by atoms with Crippen molar-refractivity contribution in [2.45, 2.75) is 56.8 Å². The second kappa shape index (κ2) is 5.34. The van der Waals surface area contributed by atoms with Crippen LogP contribution in [0.15, 0.2) is 18.2 Å². The Morgan fingerprint density at radius 3 is 2.55 bits per heavy atom. The van der Waals surface area contributed by atoms with Crippen LogP contribution in [0.4, 0.5) is 10.1 Å². The number of nitrogens with one attached hydrogen (secondary N) is 1. The van der Waals surface area contributed by atoms with Gasteiger partial charge in [-0.3, -0.25) is 0 Å². The minimum Gasteiger partial charge on any atom is -0.393 e. The van der Waals surface area contributed by atoms with Crippen LogP contribution in [0.3, 0.4) is 0 Å². The van der Waals surface area contributed by atoms with E-state index < -0.39 is 0 Å². The quantitative estimate of drug-likeness (QED) is 0.892. The highest BCUT2D eigenvalue weighted by Gasteiger charge is 2.41. The number of aliphatic hydroxyl groups excluding tert-OH is 1. The first kappa shape index (κ1) is 13.8. The average molecular weight is 278 g/mol. The van der Waals surface area contributed by atoms with Gasteiger partial charge in [-0.15, -0.1) is 0 Å². The normalized spacial score (nSPS) is 30.6. The topological polar surface area (TPSA) is 35.5 Å². The molecule has 3 atom stereocenters. The molecule has 1 aromatic carbocycles. The molecule has 0 saturated carbocycles. The minimum absolute atomic E-state index is 0.118. The number of halogens is 1. The Morgan fingerprint density at radius 1 is 1.30 bits per heavy atom. The Morgan fingerprint density at radius 2 is 1.95 bits per heavy atom. The average Bonchev–Trinajstić information content (AvgIpc) is 2.70. The number of nitrogens with zero attached hydrogens (tertiary/aromatic N) is 1. The van der Waals surface area contributed by atoms with E-state index in [9.17, 15) is 9.50 Å². The van der Waals surface area contributed by atoms with E-state index in [0.29, 0.717) is 12.1 Å². The molecule has 2 N–H and O–H groups in total. The van der Waals surface area contributed by atoms with E-state index in [1.165, 1.54) is 0 Å². The van der Waals surface area contributed by atoms with Crippen molar-refractivity contribution in [2.75, 3.05) is 11.9 Å². The molecule has 4 heteroatoms. The van der Waals surface area contributed by atoms with Crippen LogP contribution in [0.2, 0.25) is 0 Å². The molecule has 0 amide bonds. The summed E-state index contributed by atoms with van der Waals surface area (Å²) in [6.07, 6.45) is 3.76. The highest BCUT2D eigenvalue weighted by Crippen LogP contribution is 2.41. The van der Waals surface area contributed by atoms with Crippen molar-refractivity contribution in [3.8, 4) is 0 Å². The van der Waals surface area contributed by atoms with Gasteiger partial charge in [0.15, 0.2) is 0 Å². The van der Waals surface area contributed by atoms with Gasteiger partial charge in [-0.25, -0.2) is 4.39 Å². The van der Waals surface area contributed by atoms with Gasteiger partial charge in [-0.1, -0.05) is 0 Å². The lowest BCUT2D eigenvalue weighted by Gasteiger charge is -2.40. The lowest BCUT2D eigenvalue weighted by atomic mass is 9.96. The van der Waals surface area contributed by atoms with Gasteiger partial charge in [0, 0.05) is 23.8 Å². The third-order valence-electron chi connectivity index (χ3n) is 4.88. The van der Waals surface area contributed by atoms with Crippen LogP contribution in [0.5, 0.6) is 0 Å². The fraction of sp³-hybridized carbons (Fsp3) is 0.625. The molecule has 3 rings (SSSR count). The highest BCUT2D eigenvalue weighted by atomic mass is 19.1. The summed E-state index contributed by atoms with van der Waals surface area (Å²) in [6, 6.07) is 6.01. The van der Waals surface area contributed by atoms with E-state index in [2.05, 4.69) is 17.1 Å². The second-order valence-electron chi connectivity index (χ2n) is 6.13. The molecule has 0 aliphatic carbocycles. The van der Waals surface area contributed by atoms with E-state index in [4.69, 9.17) is 0 Å². The van der Waals surface area contributed by atoms with Crippen LogP contribution < -0.4 is 10.2 Å². The van der Waals surface area contributed by atoms with Crippen molar-refractivity contribution < 1.29 is 9.50 Å². The summed E-state index contributed by atoms with van der Waals surface area (Å²) < 4.78 is 13.6. The first-order valence-electron chi connectivity index (χ1n) is 7.53. The van der Waals surface area contributed by atoms with E-state index in [-0.39, 0.29) is 18.0 Å². The largest absolute Gasteiger partial charge is 0.393 e. The van der Waals surface area contributed by atoms with Crippen LogP contribution in [0, 0.1) is 5.82 Å². The molecule has 2 saturated heterocycles. The summed E-state index contributed by atoms with van der Waals surface area (Å²) in [5, 5.41) is 13.1. The molecular weight excluding hydrogens is 255 g/mol. The Labute approximate surface area is 119 Å². The Balaban J connectivity index is 1.98. The maximum absolute atomic E-state index is 13.6. The molecule has 3 nitrogen and oxygen atoms in total. The lowest BCUT2D eigenvalue weighted by Crippen LogP contribution is -2.45. The molecule has 2 aliphatic heterocycles. The molecule has 0 radical (unpaired) electrons. The molecule has 2 bridgehead atoms. The van der Waals surface area contributed by atoms with Crippen LogP contribution in [0.25, 0.3) is 0 Å². The molecule has 3 unspecified atom stereocenters. The number of anilines is 1. The van der Waals surface area contributed by atoms with E-state index in [1.54, 1.807) is 12.1 Å². The fourth-order valence-corrected chi connectivity index (χ4v) is 3.80. The number of hydrogen-bond donors (Lipinski definition) is 2. The predicted molar refractivity (Wildman–Crippen MR) is 78.4 cm³/mol. The molecule has 0 spiro atoms.